The van der Waals surface area contributed by atoms with Gasteiger partial charge in [0.25, 0.3) is 0 Å². The first kappa shape index (κ1) is 75.8. The van der Waals surface area contributed by atoms with E-state index in [1.807, 2.05) is 6.92 Å². The van der Waals surface area contributed by atoms with Crippen LogP contribution < -0.4 is 5.32 Å². The average Bonchev–Trinajstić information content (AvgIpc) is 3.28. The lowest BCUT2D eigenvalue weighted by Crippen LogP contribution is -2.66. The molecule has 3 heterocycles. The number of amides is 1. The fraction of sp³-hybridized carbons (Fsp3) is 0.953. The molecule has 0 aromatic rings. The molecule has 17 unspecified atom stereocenters. The molecule has 0 spiro atoms. The van der Waals surface area contributed by atoms with Gasteiger partial charge in [0, 0.05) is 6.42 Å². The molecule has 0 aliphatic carbocycles. The summed E-state index contributed by atoms with van der Waals surface area (Å²) in [4.78, 5) is 13.2. The molecule has 1 amide bonds. The van der Waals surface area contributed by atoms with Crippen molar-refractivity contribution in [2.24, 2.45) is 0 Å². The van der Waals surface area contributed by atoms with E-state index in [4.69, 9.17) is 28.4 Å². The van der Waals surface area contributed by atoms with Gasteiger partial charge in [0.2, 0.25) is 5.91 Å². The number of allylic oxidation sites excluding steroid dienone is 2. The highest BCUT2D eigenvalue weighted by molar-refractivity contribution is 5.76. The number of rotatable bonds is 51. The number of hydrogen-bond donors (Lipinski definition) is 12. The van der Waals surface area contributed by atoms with E-state index in [1.54, 1.807) is 0 Å². The Hall–Kier alpha value is -1.47. The summed E-state index contributed by atoms with van der Waals surface area (Å²) in [7, 11) is 0. The fourth-order valence-electron chi connectivity index (χ4n) is 11.6. The van der Waals surface area contributed by atoms with Crippen LogP contribution in [0.2, 0.25) is 0 Å². The van der Waals surface area contributed by atoms with E-state index in [1.165, 1.54) is 186 Å². The van der Waals surface area contributed by atoms with E-state index >= 15 is 0 Å². The molecule has 19 heteroatoms. The first-order valence-corrected chi connectivity index (χ1v) is 33.4. The highest BCUT2D eigenvalue weighted by Crippen LogP contribution is 2.33. The molecular formula is C64H121NO18. The predicted octanol–water partition coefficient (Wildman–Crippen LogP) is 7.72. The van der Waals surface area contributed by atoms with Gasteiger partial charge < -0.3 is 89.9 Å². The predicted molar refractivity (Wildman–Crippen MR) is 319 cm³/mol. The molecular weight excluding hydrogens is 1070 g/mol. The van der Waals surface area contributed by atoms with Crippen molar-refractivity contribution in [3.63, 3.8) is 0 Å². The molecule has 17 atom stereocenters. The first-order chi connectivity index (χ1) is 40.3. The minimum Gasteiger partial charge on any atom is -0.394 e. The van der Waals surface area contributed by atoms with E-state index in [2.05, 4.69) is 24.4 Å². The van der Waals surface area contributed by atoms with E-state index in [0.29, 0.717) is 19.3 Å². The Morgan fingerprint density at radius 3 is 1.17 bits per heavy atom. The monoisotopic (exact) mass is 1190 g/mol. The van der Waals surface area contributed by atoms with Crippen molar-refractivity contribution in [2.75, 3.05) is 26.4 Å². The van der Waals surface area contributed by atoms with Gasteiger partial charge in [0.05, 0.1) is 38.6 Å². The quantitative estimate of drug-likeness (QED) is 0.0205. The Morgan fingerprint density at radius 1 is 0.422 bits per heavy atom. The summed E-state index contributed by atoms with van der Waals surface area (Å²) in [5, 5.41) is 119. The lowest BCUT2D eigenvalue weighted by Gasteiger charge is -2.48. The van der Waals surface area contributed by atoms with Gasteiger partial charge in [-0.05, 0) is 38.5 Å². The molecule has 83 heavy (non-hydrogen) atoms. The number of ether oxygens (including phenoxy) is 6. The molecule has 19 nitrogen and oxygen atoms in total. The zero-order valence-electron chi connectivity index (χ0n) is 51.4. The second-order valence-electron chi connectivity index (χ2n) is 24.3. The van der Waals surface area contributed by atoms with E-state index in [9.17, 15) is 61.0 Å². The van der Waals surface area contributed by atoms with Crippen LogP contribution in [0.25, 0.3) is 0 Å². The number of aliphatic hydroxyl groups is 11. The van der Waals surface area contributed by atoms with Crippen molar-refractivity contribution in [3.8, 4) is 0 Å². The zero-order valence-corrected chi connectivity index (χ0v) is 51.4. The van der Waals surface area contributed by atoms with Crippen molar-refractivity contribution in [1.82, 2.24) is 5.32 Å². The number of aliphatic hydroxyl groups excluding tert-OH is 11. The van der Waals surface area contributed by atoms with Crippen molar-refractivity contribution < 1.29 is 89.4 Å². The number of carbonyl (C=O) groups excluding carboxylic acids is 1. The van der Waals surface area contributed by atoms with Crippen LogP contribution in [0.5, 0.6) is 0 Å². The molecule has 0 bridgehead atoms. The Bertz CT molecular complexity index is 1560. The normalized spacial score (nSPS) is 29.4. The molecule has 0 saturated carbocycles. The molecule has 490 valence electrons. The fourth-order valence-corrected chi connectivity index (χ4v) is 11.6. The minimum absolute atomic E-state index is 0.250. The lowest BCUT2D eigenvalue weighted by molar-refractivity contribution is -0.379. The summed E-state index contributed by atoms with van der Waals surface area (Å²) < 4.78 is 34.1. The summed E-state index contributed by atoms with van der Waals surface area (Å²) in [6.45, 7) is 1.62. The Labute approximate surface area is 499 Å². The van der Waals surface area contributed by atoms with Crippen LogP contribution in [0.1, 0.15) is 258 Å². The van der Waals surface area contributed by atoms with Crippen LogP contribution in [0.4, 0.5) is 0 Å². The molecule has 0 aromatic heterocycles. The van der Waals surface area contributed by atoms with Crippen LogP contribution in [-0.2, 0) is 33.2 Å². The van der Waals surface area contributed by atoms with E-state index in [-0.39, 0.29) is 18.9 Å². The number of hydrogen-bond acceptors (Lipinski definition) is 18. The maximum atomic E-state index is 13.2. The van der Waals surface area contributed by atoms with Crippen molar-refractivity contribution >= 4 is 5.91 Å². The van der Waals surface area contributed by atoms with E-state index in [0.717, 1.165) is 32.1 Å². The summed E-state index contributed by atoms with van der Waals surface area (Å²) in [6.07, 6.45) is 24.8. The number of carbonyl (C=O) groups is 1. The van der Waals surface area contributed by atoms with Crippen LogP contribution in [-0.4, -0.2) is 193 Å². The maximum Gasteiger partial charge on any atom is 0.220 e. The number of unbranched alkanes of at least 4 members (excludes halogenated alkanes) is 33. The summed E-state index contributed by atoms with van der Waals surface area (Å²) in [5.74, 6) is -0.250. The molecule has 0 radical (unpaired) electrons. The molecule has 3 rings (SSSR count). The Balaban J connectivity index is 1.22. The third-order valence-corrected chi connectivity index (χ3v) is 17.1. The average molecular weight is 1190 g/mol. The van der Waals surface area contributed by atoms with Gasteiger partial charge in [-0.1, -0.05) is 225 Å². The summed E-state index contributed by atoms with van der Waals surface area (Å²) >= 11 is 0. The minimum atomic E-state index is -1.97. The topological polar surface area (TPSA) is 307 Å². The highest BCUT2D eigenvalue weighted by atomic mass is 16.8. The molecule has 3 fully saturated rings. The van der Waals surface area contributed by atoms with Gasteiger partial charge in [-0.15, -0.1) is 0 Å². The third-order valence-electron chi connectivity index (χ3n) is 17.1. The number of nitrogens with one attached hydrogen (secondary N) is 1. The van der Waals surface area contributed by atoms with Crippen molar-refractivity contribution in [3.05, 3.63) is 12.2 Å². The SMILES string of the molecule is CCCCCCCCCC/C=C\CCCCCCCCCCCCCCCCCCCCCCCCCC(=O)NC(COC1OC(CO)C(OC2OC(CO)C(OC3OC(CO)C(O)C(O)C3O)C(O)C2O)C(O)C1O)C(O)CCCCC. The van der Waals surface area contributed by atoms with Gasteiger partial charge in [0.15, 0.2) is 18.9 Å². The molecule has 12 N–H and O–H groups in total. The van der Waals surface area contributed by atoms with Gasteiger partial charge in [0.1, 0.15) is 73.2 Å². The van der Waals surface area contributed by atoms with Crippen molar-refractivity contribution in [2.45, 2.75) is 362 Å². The van der Waals surface area contributed by atoms with Crippen LogP contribution >= 0.6 is 0 Å². The van der Waals surface area contributed by atoms with Gasteiger partial charge in [-0.2, -0.15) is 0 Å². The standard InChI is InChI=1S/C64H121NO18/c1-3-5-7-8-9-10-11-12-13-14-15-16-17-18-19-20-21-22-23-24-25-26-27-28-29-30-31-32-33-34-35-36-37-38-40-42-52(70)65-47(48(69)41-39-6-4-2)46-78-62-58(76)55(73)60(50(44-67)80-62)83-64-59(77)56(74)61(51(45-68)81-64)82-63-57(75)54(72)53(71)49(43-66)79-63/h14-15,47-51,53-64,66-69,71-77H,3-13,16-46H2,1-2H3,(H,65,70)/b15-14-. The second-order valence-corrected chi connectivity index (χ2v) is 24.3. The largest absolute Gasteiger partial charge is 0.394 e. The van der Waals surface area contributed by atoms with Gasteiger partial charge in [-0.3, -0.25) is 4.79 Å². The Morgan fingerprint density at radius 2 is 0.759 bits per heavy atom. The van der Waals surface area contributed by atoms with Crippen LogP contribution in [0.3, 0.4) is 0 Å². The second kappa shape index (κ2) is 47.5. The third kappa shape index (κ3) is 30.5. The summed E-state index contributed by atoms with van der Waals surface area (Å²) in [5.41, 5.74) is 0. The molecule has 3 saturated heterocycles. The Kier molecular flexibility index (Phi) is 43.4. The van der Waals surface area contributed by atoms with Crippen LogP contribution in [0.15, 0.2) is 12.2 Å². The van der Waals surface area contributed by atoms with Crippen molar-refractivity contribution in [1.29, 1.82) is 0 Å². The molecule has 0 aromatic carbocycles. The zero-order chi connectivity index (χ0) is 60.5. The van der Waals surface area contributed by atoms with Gasteiger partial charge in [-0.25, -0.2) is 0 Å². The maximum absolute atomic E-state index is 13.2. The van der Waals surface area contributed by atoms with E-state index < -0.39 is 124 Å². The summed E-state index contributed by atoms with van der Waals surface area (Å²) in [6, 6.07) is -0.878. The van der Waals surface area contributed by atoms with Crippen LogP contribution in [0, 0.1) is 0 Å². The molecule has 3 aliphatic heterocycles. The smallest absolute Gasteiger partial charge is 0.220 e. The first-order valence-electron chi connectivity index (χ1n) is 33.4. The highest BCUT2D eigenvalue weighted by Gasteiger charge is 2.53. The lowest BCUT2D eigenvalue weighted by atomic mass is 9.96. The molecule has 3 aliphatic rings. The van der Waals surface area contributed by atoms with Gasteiger partial charge >= 0.3 is 0 Å².